The largest absolute Gasteiger partial charge is 0.377 e. The molecule has 1 amide bonds. The summed E-state index contributed by atoms with van der Waals surface area (Å²) < 4.78 is 7.18. The molecule has 1 N–H and O–H groups in total. The number of hydrogen-bond donors (Lipinski definition) is 1. The molecule has 0 spiro atoms. The molecule has 0 radical (unpaired) electrons. The fourth-order valence-electron chi connectivity index (χ4n) is 1.70. The number of benzene rings is 1. The fourth-order valence-corrected chi connectivity index (χ4v) is 3.65. The highest BCUT2D eigenvalue weighted by Crippen LogP contribution is 2.32. The topological polar surface area (TPSA) is 38.3 Å². The van der Waals surface area contributed by atoms with Crippen molar-refractivity contribution in [2.75, 3.05) is 6.61 Å². The van der Waals surface area contributed by atoms with Gasteiger partial charge < -0.3 is 10.1 Å². The Hall–Kier alpha value is -0.690. The normalized spacial score (nSPS) is 10.6. The smallest absolute Gasteiger partial charge is 0.261 e. The van der Waals surface area contributed by atoms with E-state index in [0.29, 0.717) is 24.6 Å². The summed E-state index contributed by atoms with van der Waals surface area (Å²) in [6.45, 7) is 3.83. The lowest BCUT2D eigenvalue weighted by Gasteiger charge is -2.06. The van der Waals surface area contributed by atoms with Crippen LogP contribution in [0.25, 0.3) is 0 Å². The summed E-state index contributed by atoms with van der Waals surface area (Å²) in [5.74, 6) is -0.0650. The summed E-state index contributed by atoms with van der Waals surface area (Å²) in [7, 11) is 0. The van der Waals surface area contributed by atoms with E-state index in [-0.39, 0.29) is 5.91 Å². The van der Waals surface area contributed by atoms with Crippen molar-refractivity contribution in [3.63, 3.8) is 0 Å². The molecule has 0 atom stereocenters. The summed E-state index contributed by atoms with van der Waals surface area (Å²) in [6.07, 6.45) is 0. The van der Waals surface area contributed by atoms with Gasteiger partial charge in [-0.25, -0.2) is 0 Å². The zero-order valence-electron chi connectivity index (χ0n) is 11.5. The van der Waals surface area contributed by atoms with Gasteiger partial charge in [-0.15, -0.1) is 11.3 Å². The lowest BCUT2D eigenvalue weighted by atomic mass is 10.1. The summed E-state index contributed by atoms with van der Waals surface area (Å²) in [4.78, 5) is 12.7. The Labute approximate surface area is 145 Å². The van der Waals surface area contributed by atoms with Crippen LogP contribution in [0.3, 0.4) is 0 Å². The Kier molecular flexibility index (Phi) is 6.41. The van der Waals surface area contributed by atoms with Gasteiger partial charge in [0.05, 0.1) is 15.3 Å². The van der Waals surface area contributed by atoms with Crippen molar-refractivity contribution in [3.05, 3.63) is 54.6 Å². The van der Waals surface area contributed by atoms with Crippen LogP contribution in [-0.4, -0.2) is 12.5 Å². The fraction of sp³-hybridized carbons (Fsp3) is 0.267. The molecule has 21 heavy (non-hydrogen) atoms. The van der Waals surface area contributed by atoms with Crippen molar-refractivity contribution < 1.29 is 9.53 Å². The van der Waals surface area contributed by atoms with Gasteiger partial charge in [0.1, 0.15) is 0 Å². The molecule has 2 aromatic rings. The molecule has 1 heterocycles. The van der Waals surface area contributed by atoms with E-state index in [1.54, 1.807) is 0 Å². The lowest BCUT2D eigenvalue weighted by Crippen LogP contribution is -2.21. The van der Waals surface area contributed by atoms with Crippen molar-refractivity contribution in [1.82, 2.24) is 5.32 Å². The van der Waals surface area contributed by atoms with Crippen molar-refractivity contribution in [2.45, 2.75) is 20.1 Å². The van der Waals surface area contributed by atoms with Crippen LogP contribution in [-0.2, 0) is 17.9 Å². The number of carbonyl (C=O) groups is 1. The molecule has 0 saturated carbocycles. The van der Waals surface area contributed by atoms with E-state index in [2.05, 4.69) is 37.2 Å². The summed E-state index contributed by atoms with van der Waals surface area (Å²) in [6, 6.07) is 9.88. The van der Waals surface area contributed by atoms with Gasteiger partial charge in [0.2, 0.25) is 0 Å². The molecule has 0 bridgehead atoms. The van der Waals surface area contributed by atoms with Crippen LogP contribution in [0.4, 0.5) is 0 Å². The Bertz CT molecular complexity index is 591. The number of carbonyl (C=O) groups excluding carboxylic acids is 1. The van der Waals surface area contributed by atoms with Crippen molar-refractivity contribution in [2.24, 2.45) is 0 Å². The average Bonchev–Trinajstić information content (AvgIpc) is 2.83. The third-order valence-corrected chi connectivity index (χ3v) is 6.07. The second-order valence-corrected chi connectivity index (χ2v) is 7.59. The Morgan fingerprint density at radius 3 is 2.48 bits per heavy atom. The first-order valence-corrected chi connectivity index (χ1v) is 8.89. The lowest BCUT2D eigenvalue weighted by molar-refractivity contribution is 0.0955. The van der Waals surface area contributed by atoms with Crippen LogP contribution in [0.2, 0.25) is 0 Å². The predicted octanol–water partition coefficient (Wildman–Crippen LogP) is 4.74. The third-order valence-electron chi connectivity index (χ3n) is 2.82. The molecule has 0 unspecified atom stereocenters. The van der Waals surface area contributed by atoms with Crippen LogP contribution in [0.5, 0.6) is 0 Å². The molecule has 3 nitrogen and oxygen atoms in total. The Balaban J connectivity index is 1.89. The van der Waals surface area contributed by atoms with Crippen LogP contribution in [0.15, 0.2) is 38.6 Å². The highest BCUT2D eigenvalue weighted by Gasteiger charge is 2.11. The van der Waals surface area contributed by atoms with Crippen molar-refractivity contribution in [3.8, 4) is 0 Å². The molecule has 0 fully saturated rings. The quantitative estimate of drug-likeness (QED) is 0.715. The van der Waals surface area contributed by atoms with E-state index in [1.807, 2.05) is 37.3 Å². The minimum absolute atomic E-state index is 0.0650. The van der Waals surface area contributed by atoms with Crippen molar-refractivity contribution in [1.29, 1.82) is 0 Å². The minimum atomic E-state index is -0.0650. The summed E-state index contributed by atoms with van der Waals surface area (Å²) >= 11 is 8.18. The van der Waals surface area contributed by atoms with E-state index in [0.717, 1.165) is 19.4 Å². The molecule has 0 saturated heterocycles. The number of rotatable bonds is 6. The maximum Gasteiger partial charge on any atom is 0.261 e. The summed E-state index contributed by atoms with van der Waals surface area (Å²) in [5, 5.41) is 2.92. The zero-order chi connectivity index (χ0) is 15.2. The first-order chi connectivity index (χ1) is 10.1. The molecule has 112 valence electrons. The third kappa shape index (κ3) is 4.92. The number of hydrogen-bond acceptors (Lipinski definition) is 3. The molecule has 1 aromatic carbocycles. The maximum absolute atomic E-state index is 12.0. The second-order valence-electron chi connectivity index (χ2n) is 4.37. The van der Waals surface area contributed by atoms with Crippen LogP contribution in [0, 0.1) is 0 Å². The van der Waals surface area contributed by atoms with Gasteiger partial charge in [0, 0.05) is 17.6 Å². The molecule has 1 aromatic heterocycles. The number of thiophene rings is 1. The highest BCUT2D eigenvalue weighted by atomic mass is 79.9. The molecule has 6 heteroatoms. The van der Waals surface area contributed by atoms with E-state index in [4.69, 9.17) is 4.74 Å². The van der Waals surface area contributed by atoms with E-state index >= 15 is 0 Å². The molecular weight excluding hydrogens is 418 g/mol. The predicted molar refractivity (Wildman–Crippen MR) is 92.7 cm³/mol. The monoisotopic (exact) mass is 431 g/mol. The maximum atomic E-state index is 12.0. The van der Waals surface area contributed by atoms with Gasteiger partial charge in [-0.05, 0) is 56.0 Å². The van der Waals surface area contributed by atoms with Gasteiger partial charge in [-0.2, -0.15) is 0 Å². The number of halogens is 2. The second kappa shape index (κ2) is 8.08. The van der Waals surface area contributed by atoms with E-state index in [9.17, 15) is 4.79 Å². The molecular formula is C15H15Br2NO2S. The number of ether oxygens (including phenoxy) is 1. The van der Waals surface area contributed by atoms with Gasteiger partial charge >= 0.3 is 0 Å². The van der Waals surface area contributed by atoms with Crippen LogP contribution < -0.4 is 5.32 Å². The van der Waals surface area contributed by atoms with Gasteiger partial charge in [-0.1, -0.05) is 24.3 Å². The number of amides is 1. The highest BCUT2D eigenvalue weighted by molar-refractivity contribution is 9.13. The first-order valence-electron chi connectivity index (χ1n) is 6.48. The minimum Gasteiger partial charge on any atom is -0.377 e. The van der Waals surface area contributed by atoms with Crippen LogP contribution in [0.1, 0.15) is 27.7 Å². The van der Waals surface area contributed by atoms with Gasteiger partial charge in [-0.3, -0.25) is 4.79 Å². The molecule has 2 rings (SSSR count). The first kappa shape index (κ1) is 16.7. The SMILES string of the molecule is CCOCc1ccc(CNC(=O)c2cc(Br)c(Br)s2)cc1. The average molecular weight is 433 g/mol. The Morgan fingerprint density at radius 2 is 1.90 bits per heavy atom. The molecule has 0 aliphatic rings. The summed E-state index contributed by atoms with van der Waals surface area (Å²) in [5.41, 5.74) is 2.20. The van der Waals surface area contributed by atoms with E-state index in [1.165, 1.54) is 11.3 Å². The molecule has 0 aliphatic carbocycles. The standard InChI is InChI=1S/C15H15Br2NO2S/c1-2-20-9-11-5-3-10(4-6-11)8-18-15(19)13-7-12(16)14(17)21-13/h3-7H,2,8-9H2,1H3,(H,18,19). The van der Waals surface area contributed by atoms with Gasteiger partial charge in [0.25, 0.3) is 5.91 Å². The van der Waals surface area contributed by atoms with Crippen LogP contribution >= 0.6 is 43.2 Å². The zero-order valence-corrected chi connectivity index (χ0v) is 15.5. The number of nitrogens with one attached hydrogen (secondary N) is 1. The van der Waals surface area contributed by atoms with E-state index < -0.39 is 0 Å². The van der Waals surface area contributed by atoms with Crippen molar-refractivity contribution >= 4 is 49.1 Å². The Morgan fingerprint density at radius 1 is 1.24 bits per heavy atom. The molecule has 0 aliphatic heterocycles. The van der Waals surface area contributed by atoms with Gasteiger partial charge in [0.15, 0.2) is 0 Å².